The minimum absolute atomic E-state index is 0.0351. The quantitative estimate of drug-likeness (QED) is 0.435. The summed E-state index contributed by atoms with van der Waals surface area (Å²) in [5.41, 5.74) is 2.71. The van der Waals surface area contributed by atoms with Crippen LogP contribution in [-0.2, 0) is 13.0 Å². The highest BCUT2D eigenvalue weighted by atomic mass is 32.1. The smallest absolute Gasteiger partial charge is 0.271 e. The van der Waals surface area contributed by atoms with Gasteiger partial charge in [-0.05, 0) is 37.1 Å². The number of aryl methyl sites for hydroxylation is 1. The number of nitro groups is 1. The van der Waals surface area contributed by atoms with Gasteiger partial charge in [0.15, 0.2) is 11.5 Å². The van der Waals surface area contributed by atoms with Crippen molar-refractivity contribution in [3.05, 3.63) is 73.7 Å². The average Bonchev–Trinajstić information content (AvgIpc) is 3.36. The molecule has 9 heteroatoms. The predicted octanol–water partition coefficient (Wildman–Crippen LogP) is 4.15. The van der Waals surface area contributed by atoms with Crippen LogP contribution in [0.2, 0.25) is 0 Å². The summed E-state index contributed by atoms with van der Waals surface area (Å²) in [6.07, 6.45) is 0.657. The van der Waals surface area contributed by atoms with Gasteiger partial charge in [-0.3, -0.25) is 14.9 Å². The molecule has 3 aromatic rings. The molecule has 0 N–H and O–H groups in total. The number of carbonyl (C=O) groups excluding carboxylic acids is 1. The van der Waals surface area contributed by atoms with E-state index in [0.29, 0.717) is 42.3 Å². The molecule has 8 nitrogen and oxygen atoms in total. The fourth-order valence-corrected chi connectivity index (χ4v) is 3.99. The van der Waals surface area contributed by atoms with E-state index in [1.807, 2.05) is 12.3 Å². The molecule has 30 heavy (non-hydrogen) atoms. The van der Waals surface area contributed by atoms with Gasteiger partial charge in [-0.1, -0.05) is 6.07 Å². The standard InChI is InChI=1S/C21H19N3O5S/c1-13-22-16(12-30-13)11-29-19-6-4-15(9-20(19)28-2)21(25)23-8-7-14-3-5-17(24(26)27)10-18(14)23/h3-6,9-10,12H,7-8,11H2,1-2H3. The normalized spacial score (nSPS) is 12.5. The first-order valence-electron chi connectivity index (χ1n) is 9.27. The maximum absolute atomic E-state index is 13.1. The zero-order valence-electron chi connectivity index (χ0n) is 16.5. The van der Waals surface area contributed by atoms with E-state index < -0.39 is 4.92 Å². The second-order valence-electron chi connectivity index (χ2n) is 6.79. The van der Waals surface area contributed by atoms with Crippen molar-refractivity contribution in [3.8, 4) is 11.5 Å². The molecule has 0 saturated heterocycles. The monoisotopic (exact) mass is 425 g/mol. The summed E-state index contributed by atoms with van der Waals surface area (Å²) in [6.45, 7) is 2.70. The first-order valence-corrected chi connectivity index (χ1v) is 10.2. The molecule has 1 aromatic heterocycles. The highest BCUT2D eigenvalue weighted by molar-refractivity contribution is 7.09. The van der Waals surface area contributed by atoms with Crippen LogP contribution in [0.4, 0.5) is 11.4 Å². The molecule has 2 aromatic carbocycles. The number of nitro benzene ring substituents is 1. The number of rotatable bonds is 6. The van der Waals surface area contributed by atoms with E-state index in [0.717, 1.165) is 16.3 Å². The number of nitrogens with zero attached hydrogens (tertiary/aromatic N) is 3. The zero-order chi connectivity index (χ0) is 21.3. The Morgan fingerprint density at radius 3 is 2.80 bits per heavy atom. The minimum atomic E-state index is -0.458. The van der Waals surface area contributed by atoms with Gasteiger partial charge in [0.2, 0.25) is 0 Å². The molecule has 0 saturated carbocycles. The lowest BCUT2D eigenvalue weighted by Gasteiger charge is -2.18. The molecule has 1 aliphatic rings. The van der Waals surface area contributed by atoms with Crippen LogP contribution in [0.25, 0.3) is 0 Å². The third-order valence-corrected chi connectivity index (χ3v) is 5.70. The van der Waals surface area contributed by atoms with Crippen molar-refractivity contribution in [2.45, 2.75) is 20.0 Å². The summed E-state index contributed by atoms with van der Waals surface area (Å²) in [7, 11) is 1.51. The average molecular weight is 425 g/mol. The molecule has 1 aliphatic heterocycles. The van der Waals surface area contributed by atoms with Crippen LogP contribution in [0.5, 0.6) is 11.5 Å². The Hall–Kier alpha value is -3.46. The third kappa shape index (κ3) is 3.84. The molecule has 4 rings (SSSR count). The van der Waals surface area contributed by atoms with Gasteiger partial charge in [0.25, 0.3) is 11.6 Å². The zero-order valence-corrected chi connectivity index (χ0v) is 17.3. The second kappa shape index (κ2) is 8.11. The van der Waals surface area contributed by atoms with Crippen LogP contribution >= 0.6 is 11.3 Å². The molecule has 0 bridgehead atoms. The minimum Gasteiger partial charge on any atom is -0.493 e. The van der Waals surface area contributed by atoms with Crippen LogP contribution in [-0.4, -0.2) is 29.5 Å². The number of aromatic nitrogens is 1. The first-order chi connectivity index (χ1) is 14.5. The molecule has 2 heterocycles. The lowest BCUT2D eigenvalue weighted by Crippen LogP contribution is -2.28. The van der Waals surface area contributed by atoms with Crippen molar-refractivity contribution in [3.63, 3.8) is 0 Å². The largest absolute Gasteiger partial charge is 0.493 e. The number of fused-ring (bicyclic) bond motifs is 1. The lowest BCUT2D eigenvalue weighted by atomic mass is 10.1. The van der Waals surface area contributed by atoms with Crippen molar-refractivity contribution in [1.29, 1.82) is 0 Å². The van der Waals surface area contributed by atoms with E-state index in [1.54, 1.807) is 40.5 Å². The molecule has 1 amide bonds. The number of anilines is 1. The fourth-order valence-electron chi connectivity index (χ4n) is 3.39. The van der Waals surface area contributed by atoms with Gasteiger partial charge in [0.1, 0.15) is 6.61 Å². The van der Waals surface area contributed by atoms with Crippen molar-refractivity contribution >= 4 is 28.6 Å². The van der Waals surface area contributed by atoms with E-state index in [2.05, 4.69) is 4.98 Å². The van der Waals surface area contributed by atoms with E-state index in [-0.39, 0.29) is 11.6 Å². The fraction of sp³-hybridized carbons (Fsp3) is 0.238. The van der Waals surface area contributed by atoms with E-state index in [1.165, 1.54) is 19.2 Å². The van der Waals surface area contributed by atoms with Gasteiger partial charge in [-0.25, -0.2) is 4.98 Å². The number of methoxy groups -OCH3 is 1. The Morgan fingerprint density at radius 2 is 2.10 bits per heavy atom. The van der Waals surface area contributed by atoms with Gasteiger partial charge in [0.05, 0.1) is 28.4 Å². The van der Waals surface area contributed by atoms with Crippen LogP contribution in [0.15, 0.2) is 41.8 Å². The van der Waals surface area contributed by atoms with Crippen LogP contribution in [0.3, 0.4) is 0 Å². The number of thiazole rings is 1. The summed E-state index contributed by atoms with van der Waals surface area (Å²) in [5, 5.41) is 14.0. The number of hydrogen-bond acceptors (Lipinski definition) is 7. The SMILES string of the molecule is COc1cc(C(=O)N2CCc3ccc([N+](=O)[O-])cc32)ccc1OCc1csc(C)n1. The summed E-state index contributed by atoms with van der Waals surface area (Å²) in [5.74, 6) is 0.706. The molecular formula is C21H19N3O5S. The second-order valence-corrected chi connectivity index (χ2v) is 7.85. The lowest BCUT2D eigenvalue weighted by molar-refractivity contribution is -0.384. The summed E-state index contributed by atoms with van der Waals surface area (Å²) in [4.78, 5) is 29.7. The maximum Gasteiger partial charge on any atom is 0.271 e. The Morgan fingerprint density at radius 1 is 1.27 bits per heavy atom. The third-order valence-electron chi connectivity index (χ3n) is 4.87. The molecule has 154 valence electrons. The topological polar surface area (TPSA) is 94.8 Å². The number of amides is 1. The Bertz CT molecular complexity index is 1130. The Labute approximate surface area is 176 Å². The molecule has 0 atom stereocenters. The maximum atomic E-state index is 13.1. The van der Waals surface area contributed by atoms with E-state index in [4.69, 9.17) is 9.47 Å². The number of benzene rings is 2. The molecule has 0 aliphatic carbocycles. The predicted molar refractivity (Wildman–Crippen MR) is 113 cm³/mol. The van der Waals surface area contributed by atoms with Crippen molar-refractivity contribution < 1.29 is 19.2 Å². The number of carbonyl (C=O) groups is 1. The summed E-state index contributed by atoms with van der Waals surface area (Å²) < 4.78 is 11.2. The molecule has 0 fully saturated rings. The van der Waals surface area contributed by atoms with E-state index >= 15 is 0 Å². The van der Waals surface area contributed by atoms with E-state index in [9.17, 15) is 14.9 Å². The molecule has 0 spiro atoms. The van der Waals surface area contributed by atoms with Crippen molar-refractivity contribution in [2.24, 2.45) is 0 Å². The molecule has 0 radical (unpaired) electrons. The first kappa shape index (κ1) is 19.8. The van der Waals surface area contributed by atoms with Gasteiger partial charge < -0.3 is 14.4 Å². The van der Waals surface area contributed by atoms with Gasteiger partial charge in [-0.2, -0.15) is 0 Å². The molecule has 0 unspecified atom stereocenters. The van der Waals surface area contributed by atoms with Gasteiger partial charge in [0, 0.05) is 29.6 Å². The van der Waals surface area contributed by atoms with Crippen LogP contribution < -0.4 is 14.4 Å². The van der Waals surface area contributed by atoms with Crippen LogP contribution in [0, 0.1) is 17.0 Å². The van der Waals surface area contributed by atoms with Gasteiger partial charge >= 0.3 is 0 Å². The van der Waals surface area contributed by atoms with Crippen LogP contribution in [0.1, 0.15) is 26.6 Å². The summed E-state index contributed by atoms with van der Waals surface area (Å²) >= 11 is 1.55. The van der Waals surface area contributed by atoms with Crippen molar-refractivity contribution in [2.75, 3.05) is 18.6 Å². The Balaban J connectivity index is 1.55. The summed E-state index contributed by atoms with van der Waals surface area (Å²) in [6, 6.07) is 9.60. The Kier molecular flexibility index (Phi) is 5.37. The molecular weight excluding hydrogens is 406 g/mol. The number of non-ortho nitro benzene ring substituents is 1. The highest BCUT2D eigenvalue weighted by Gasteiger charge is 2.28. The highest BCUT2D eigenvalue weighted by Crippen LogP contribution is 2.34. The number of hydrogen-bond donors (Lipinski definition) is 0. The van der Waals surface area contributed by atoms with Crippen molar-refractivity contribution in [1.82, 2.24) is 4.98 Å². The van der Waals surface area contributed by atoms with Gasteiger partial charge in [-0.15, -0.1) is 11.3 Å². The number of ether oxygens (including phenoxy) is 2.